The van der Waals surface area contributed by atoms with Crippen LogP contribution in [-0.4, -0.2) is 24.4 Å². The average Bonchev–Trinajstić information content (AvgIpc) is 2.94. The van der Waals surface area contributed by atoms with Crippen molar-refractivity contribution in [2.75, 3.05) is 19.5 Å². The lowest BCUT2D eigenvalue weighted by Crippen LogP contribution is -2.00. The third-order valence-electron chi connectivity index (χ3n) is 2.67. The molecule has 1 unspecified atom stereocenters. The summed E-state index contributed by atoms with van der Waals surface area (Å²) >= 11 is 5.85. The van der Waals surface area contributed by atoms with Crippen LogP contribution in [0.5, 0.6) is 11.5 Å². The van der Waals surface area contributed by atoms with E-state index in [0.29, 0.717) is 29.9 Å². The molecule has 0 aliphatic carbocycles. The molecule has 20 heavy (non-hydrogen) atoms. The molecule has 0 aliphatic heterocycles. The molecule has 0 radical (unpaired) electrons. The van der Waals surface area contributed by atoms with Crippen molar-refractivity contribution in [2.24, 2.45) is 0 Å². The van der Waals surface area contributed by atoms with Crippen LogP contribution in [0.2, 0.25) is 0 Å². The van der Waals surface area contributed by atoms with Crippen LogP contribution in [0.4, 0.5) is 6.01 Å². The van der Waals surface area contributed by atoms with Crippen LogP contribution in [0.3, 0.4) is 0 Å². The molecule has 0 amide bonds. The minimum absolute atomic E-state index is 0.306. The number of rotatable bonds is 6. The van der Waals surface area contributed by atoms with Crippen LogP contribution in [0.25, 0.3) is 0 Å². The Hall–Kier alpha value is -1.95. The highest BCUT2D eigenvalue weighted by molar-refractivity contribution is 6.20. The van der Waals surface area contributed by atoms with E-state index in [-0.39, 0.29) is 5.38 Å². The van der Waals surface area contributed by atoms with Crippen LogP contribution >= 0.6 is 11.6 Å². The van der Waals surface area contributed by atoms with Gasteiger partial charge in [-0.25, -0.2) is 0 Å². The summed E-state index contributed by atoms with van der Waals surface area (Å²) in [5, 5.41) is 10.4. The van der Waals surface area contributed by atoms with E-state index in [1.54, 1.807) is 21.1 Å². The molecule has 1 N–H and O–H groups in total. The van der Waals surface area contributed by atoms with Gasteiger partial charge in [-0.3, -0.25) is 0 Å². The number of hydrogen-bond acceptors (Lipinski definition) is 6. The van der Waals surface area contributed by atoms with Crippen molar-refractivity contribution in [2.45, 2.75) is 18.8 Å². The zero-order valence-corrected chi connectivity index (χ0v) is 12.3. The van der Waals surface area contributed by atoms with Crippen LogP contribution in [0.15, 0.2) is 22.6 Å². The predicted molar refractivity (Wildman–Crippen MR) is 75.4 cm³/mol. The first-order valence-electron chi connectivity index (χ1n) is 6.06. The van der Waals surface area contributed by atoms with Crippen LogP contribution < -0.4 is 14.8 Å². The maximum absolute atomic E-state index is 5.85. The summed E-state index contributed by atoms with van der Waals surface area (Å²) in [6, 6.07) is 5.99. The number of aromatic nitrogens is 2. The van der Waals surface area contributed by atoms with Gasteiger partial charge < -0.3 is 19.2 Å². The number of benzene rings is 1. The van der Waals surface area contributed by atoms with E-state index in [1.807, 2.05) is 18.2 Å². The van der Waals surface area contributed by atoms with Gasteiger partial charge in [-0.2, -0.15) is 0 Å². The molecule has 0 saturated heterocycles. The van der Waals surface area contributed by atoms with Crippen molar-refractivity contribution in [3.63, 3.8) is 0 Å². The summed E-state index contributed by atoms with van der Waals surface area (Å²) in [5.74, 6) is 1.75. The molecule has 1 aromatic heterocycles. The fourth-order valence-corrected chi connectivity index (χ4v) is 1.72. The van der Waals surface area contributed by atoms with Gasteiger partial charge in [0.25, 0.3) is 0 Å². The molecule has 1 atom stereocenters. The summed E-state index contributed by atoms with van der Waals surface area (Å²) in [6.07, 6.45) is 0. The SMILES string of the molecule is COc1ccc(CNc2nnc(C(C)Cl)o2)cc1OC. The van der Waals surface area contributed by atoms with Gasteiger partial charge in [0.15, 0.2) is 11.5 Å². The predicted octanol–water partition coefficient (Wildman–Crippen LogP) is 3.00. The molecule has 1 aromatic carbocycles. The Kier molecular flexibility index (Phi) is 4.68. The topological polar surface area (TPSA) is 69.4 Å². The Labute approximate surface area is 122 Å². The number of alkyl halides is 1. The first kappa shape index (κ1) is 14.5. The molecule has 2 rings (SSSR count). The molecule has 0 bridgehead atoms. The highest BCUT2D eigenvalue weighted by Crippen LogP contribution is 2.28. The first-order chi connectivity index (χ1) is 9.63. The number of anilines is 1. The van der Waals surface area contributed by atoms with E-state index in [2.05, 4.69) is 15.5 Å². The van der Waals surface area contributed by atoms with Crippen molar-refractivity contribution in [3.05, 3.63) is 29.7 Å². The van der Waals surface area contributed by atoms with Gasteiger partial charge in [0, 0.05) is 6.54 Å². The number of ether oxygens (including phenoxy) is 2. The van der Waals surface area contributed by atoms with E-state index in [9.17, 15) is 0 Å². The van der Waals surface area contributed by atoms with Crippen LogP contribution in [0, 0.1) is 0 Å². The average molecular weight is 298 g/mol. The molecule has 108 valence electrons. The van der Waals surface area contributed by atoms with Crippen LogP contribution in [0.1, 0.15) is 23.8 Å². The summed E-state index contributed by atoms with van der Waals surface area (Å²) < 4.78 is 15.8. The highest BCUT2D eigenvalue weighted by atomic mass is 35.5. The van der Waals surface area contributed by atoms with Gasteiger partial charge in [0.2, 0.25) is 5.89 Å². The largest absolute Gasteiger partial charge is 0.493 e. The van der Waals surface area contributed by atoms with Gasteiger partial charge in [0.1, 0.15) is 5.38 Å². The van der Waals surface area contributed by atoms with Gasteiger partial charge in [0.05, 0.1) is 14.2 Å². The minimum atomic E-state index is -0.306. The van der Waals surface area contributed by atoms with Crippen molar-refractivity contribution in [1.29, 1.82) is 0 Å². The van der Waals surface area contributed by atoms with Gasteiger partial charge in [-0.15, -0.1) is 16.7 Å². The molecular weight excluding hydrogens is 282 g/mol. The summed E-state index contributed by atoms with van der Waals surface area (Å²) in [4.78, 5) is 0. The number of methoxy groups -OCH3 is 2. The molecule has 7 heteroatoms. The van der Waals surface area contributed by atoms with E-state index < -0.39 is 0 Å². The molecule has 6 nitrogen and oxygen atoms in total. The lowest BCUT2D eigenvalue weighted by Gasteiger charge is -2.09. The van der Waals surface area contributed by atoms with E-state index in [1.165, 1.54) is 0 Å². The Balaban J connectivity index is 2.03. The number of halogens is 1. The second-order valence-electron chi connectivity index (χ2n) is 4.10. The fourth-order valence-electron chi connectivity index (χ4n) is 1.64. The Morgan fingerprint density at radius 3 is 2.60 bits per heavy atom. The maximum atomic E-state index is 5.85. The summed E-state index contributed by atoms with van der Waals surface area (Å²) in [6.45, 7) is 2.30. The van der Waals surface area contributed by atoms with Gasteiger partial charge in [-0.05, 0) is 24.6 Å². The lowest BCUT2D eigenvalue weighted by molar-refractivity contribution is 0.354. The second-order valence-corrected chi connectivity index (χ2v) is 4.76. The lowest BCUT2D eigenvalue weighted by atomic mass is 10.2. The molecule has 1 heterocycles. The van der Waals surface area contributed by atoms with Crippen molar-refractivity contribution < 1.29 is 13.9 Å². The van der Waals surface area contributed by atoms with Crippen LogP contribution in [-0.2, 0) is 6.54 Å². The normalized spacial score (nSPS) is 12.0. The Morgan fingerprint density at radius 1 is 1.25 bits per heavy atom. The zero-order chi connectivity index (χ0) is 14.5. The van der Waals surface area contributed by atoms with Gasteiger partial charge in [-0.1, -0.05) is 11.2 Å². The van der Waals surface area contributed by atoms with Gasteiger partial charge >= 0.3 is 6.01 Å². The summed E-state index contributed by atoms with van der Waals surface area (Å²) in [5.41, 5.74) is 1.00. The minimum Gasteiger partial charge on any atom is -0.493 e. The monoisotopic (exact) mass is 297 g/mol. The quantitative estimate of drug-likeness (QED) is 0.827. The first-order valence-corrected chi connectivity index (χ1v) is 6.50. The number of nitrogens with one attached hydrogen (secondary N) is 1. The molecule has 0 fully saturated rings. The fraction of sp³-hybridized carbons (Fsp3) is 0.385. The zero-order valence-electron chi connectivity index (χ0n) is 11.5. The van der Waals surface area contributed by atoms with Crippen molar-refractivity contribution in [3.8, 4) is 11.5 Å². The number of hydrogen-bond donors (Lipinski definition) is 1. The van der Waals surface area contributed by atoms with Crippen molar-refractivity contribution >= 4 is 17.6 Å². The second kappa shape index (κ2) is 6.47. The highest BCUT2D eigenvalue weighted by Gasteiger charge is 2.11. The van der Waals surface area contributed by atoms with Crippen molar-refractivity contribution in [1.82, 2.24) is 10.2 Å². The molecule has 0 saturated carbocycles. The Bertz CT molecular complexity index is 572. The number of nitrogens with zero attached hydrogens (tertiary/aromatic N) is 2. The smallest absolute Gasteiger partial charge is 0.315 e. The van der Waals surface area contributed by atoms with E-state index >= 15 is 0 Å². The van der Waals surface area contributed by atoms with E-state index in [4.69, 9.17) is 25.5 Å². The molecule has 0 aliphatic rings. The molecule has 2 aromatic rings. The standard InChI is InChI=1S/C13H16ClN3O3/c1-8(14)12-16-17-13(20-12)15-7-9-4-5-10(18-2)11(6-9)19-3/h4-6,8H,7H2,1-3H3,(H,15,17). The van der Waals surface area contributed by atoms with E-state index in [0.717, 1.165) is 5.56 Å². The maximum Gasteiger partial charge on any atom is 0.315 e. The Morgan fingerprint density at radius 2 is 2.00 bits per heavy atom. The summed E-state index contributed by atoms with van der Waals surface area (Å²) in [7, 11) is 3.20. The molecule has 0 spiro atoms. The third-order valence-corrected chi connectivity index (χ3v) is 2.86. The molecular formula is C13H16ClN3O3. The third kappa shape index (κ3) is 3.33.